The van der Waals surface area contributed by atoms with Crippen LogP contribution in [0.1, 0.15) is 29.2 Å². The number of phenols is 1. The van der Waals surface area contributed by atoms with Crippen molar-refractivity contribution in [3.63, 3.8) is 0 Å². The first kappa shape index (κ1) is 21.0. The van der Waals surface area contributed by atoms with E-state index in [-0.39, 0.29) is 17.8 Å². The van der Waals surface area contributed by atoms with Crippen molar-refractivity contribution >= 4 is 23.0 Å². The van der Waals surface area contributed by atoms with Gasteiger partial charge in [0.25, 0.3) is 0 Å². The van der Waals surface area contributed by atoms with Gasteiger partial charge < -0.3 is 24.6 Å². The number of anilines is 1. The molecule has 3 heterocycles. The summed E-state index contributed by atoms with van der Waals surface area (Å²) in [4.78, 5) is 6.60. The van der Waals surface area contributed by atoms with Gasteiger partial charge in [0.15, 0.2) is 5.11 Å². The Morgan fingerprint density at radius 3 is 2.42 bits per heavy atom. The van der Waals surface area contributed by atoms with Crippen LogP contribution in [0.2, 0.25) is 0 Å². The summed E-state index contributed by atoms with van der Waals surface area (Å²) >= 11 is 5.79. The first-order valence-electron chi connectivity index (χ1n) is 10.7. The fraction of sp³-hybridized carbons (Fsp3) is 0.154. The summed E-state index contributed by atoms with van der Waals surface area (Å²) in [6.45, 7) is 2.08. The van der Waals surface area contributed by atoms with Crippen molar-refractivity contribution in [2.75, 3.05) is 12.0 Å². The lowest BCUT2D eigenvalue weighted by molar-refractivity contribution is 0.414. The van der Waals surface area contributed by atoms with Crippen molar-refractivity contribution in [1.82, 2.24) is 14.9 Å². The van der Waals surface area contributed by atoms with Gasteiger partial charge in [0.05, 0.1) is 24.5 Å². The number of para-hydroxylation sites is 2. The highest BCUT2D eigenvalue weighted by Gasteiger charge is 2.43. The van der Waals surface area contributed by atoms with E-state index in [0.29, 0.717) is 10.8 Å². The molecule has 166 valence electrons. The van der Waals surface area contributed by atoms with E-state index in [0.717, 1.165) is 28.5 Å². The van der Waals surface area contributed by atoms with Crippen molar-refractivity contribution in [3.05, 3.63) is 102 Å². The molecule has 6 nitrogen and oxygen atoms in total. The predicted octanol–water partition coefficient (Wildman–Crippen LogP) is 5.07. The van der Waals surface area contributed by atoms with Gasteiger partial charge in [0.1, 0.15) is 17.5 Å². The van der Waals surface area contributed by atoms with Crippen LogP contribution in [-0.4, -0.2) is 26.9 Å². The van der Waals surface area contributed by atoms with Gasteiger partial charge in [-0.15, -0.1) is 0 Å². The number of aromatic nitrogens is 2. The Balaban J connectivity index is 1.70. The molecule has 2 aromatic carbocycles. The molecule has 0 amide bonds. The highest BCUT2D eigenvalue weighted by Crippen LogP contribution is 2.45. The minimum absolute atomic E-state index is 0.174. The number of ether oxygens (including phenoxy) is 1. The smallest absolute Gasteiger partial charge is 0.174 e. The van der Waals surface area contributed by atoms with Crippen LogP contribution < -0.4 is 15.0 Å². The molecule has 7 heteroatoms. The van der Waals surface area contributed by atoms with Crippen molar-refractivity contribution in [1.29, 1.82) is 0 Å². The lowest BCUT2D eigenvalue weighted by Gasteiger charge is -2.29. The maximum atomic E-state index is 10.7. The lowest BCUT2D eigenvalue weighted by Crippen LogP contribution is -2.30. The molecule has 5 rings (SSSR count). The van der Waals surface area contributed by atoms with Gasteiger partial charge in [-0.3, -0.25) is 4.98 Å². The normalized spacial score (nSPS) is 17.8. The summed E-state index contributed by atoms with van der Waals surface area (Å²) in [5.41, 5.74) is 4.67. The van der Waals surface area contributed by atoms with Gasteiger partial charge in [-0.25, -0.2) is 0 Å². The fourth-order valence-corrected chi connectivity index (χ4v) is 4.80. The van der Waals surface area contributed by atoms with E-state index in [9.17, 15) is 5.11 Å². The van der Waals surface area contributed by atoms with Gasteiger partial charge >= 0.3 is 0 Å². The zero-order valence-corrected chi connectivity index (χ0v) is 19.2. The van der Waals surface area contributed by atoms with Crippen LogP contribution in [-0.2, 0) is 0 Å². The number of methoxy groups -OCH3 is 1. The van der Waals surface area contributed by atoms with E-state index < -0.39 is 0 Å². The molecular formula is C26H24N4O2S. The molecule has 0 saturated carbocycles. The highest BCUT2D eigenvalue weighted by molar-refractivity contribution is 7.80. The maximum absolute atomic E-state index is 10.7. The monoisotopic (exact) mass is 456 g/mol. The number of benzene rings is 2. The number of aryl methyl sites for hydroxylation is 1. The first-order chi connectivity index (χ1) is 16.1. The summed E-state index contributed by atoms with van der Waals surface area (Å²) in [6, 6.07) is 24.9. The van der Waals surface area contributed by atoms with Crippen molar-refractivity contribution in [2.24, 2.45) is 0 Å². The summed E-state index contributed by atoms with van der Waals surface area (Å²) in [6.07, 6.45) is 1.79. The van der Waals surface area contributed by atoms with Gasteiger partial charge in [0, 0.05) is 23.3 Å². The topological polar surface area (TPSA) is 62.5 Å². The Kier molecular flexibility index (Phi) is 5.48. The molecule has 33 heavy (non-hydrogen) atoms. The summed E-state index contributed by atoms with van der Waals surface area (Å²) in [5, 5.41) is 14.7. The third-order valence-electron chi connectivity index (χ3n) is 5.98. The minimum Gasteiger partial charge on any atom is -0.506 e. The van der Waals surface area contributed by atoms with Crippen molar-refractivity contribution in [2.45, 2.75) is 19.0 Å². The molecule has 0 bridgehead atoms. The van der Waals surface area contributed by atoms with Crippen LogP contribution in [0.3, 0.4) is 0 Å². The van der Waals surface area contributed by atoms with Crippen LogP contribution in [0.25, 0.3) is 5.69 Å². The van der Waals surface area contributed by atoms with Crippen LogP contribution in [0.15, 0.2) is 85.1 Å². The predicted molar refractivity (Wildman–Crippen MR) is 133 cm³/mol. The number of hydrogen-bond donors (Lipinski definition) is 2. The summed E-state index contributed by atoms with van der Waals surface area (Å²) < 4.78 is 7.55. The number of phenolic OH excluding ortho intramolecular Hbond substituents is 1. The second kappa shape index (κ2) is 8.60. The molecule has 4 aromatic rings. The number of hydrogen-bond acceptors (Lipinski definition) is 4. The van der Waals surface area contributed by atoms with Gasteiger partial charge in [-0.05, 0) is 79.8 Å². The molecule has 2 atom stereocenters. The maximum Gasteiger partial charge on any atom is 0.174 e. The standard InChI is InChI=1S/C26H24N4O2S/c1-17-10-15-22(29(17)18-11-13-19(32-2)14-12-18)25-24(20-7-5-6-16-27-20)28-26(33)30(25)21-8-3-4-9-23(21)31/h3-16,24-25,31H,1-2H3,(H,28,33)/t24-,25-/m0/s1. The molecule has 0 unspecified atom stereocenters. The Hall–Kier alpha value is -3.84. The third-order valence-corrected chi connectivity index (χ3v) is 6.29. The Bertz CT molecular complexity index is 1290. The summed E-state index contributed by atoms with van der Waals surface area (Å²) in [7, 11) is 1.66. The highest BCUT2D eigenvalue weighted by atomic mass is 32.1. The zero-order valence-electron chi connectivity index (χ0n) is 18.3. The van der Waals surface area contributed by atoms with E-state index in [1.807, 2.05) is 59.5 Å². The minimum atomic E-state index is -0.239. The third kappa shape index (κ3) is 3.70. The molecule has 2 aromatic heterocycles. The fourth-order valence-electron chi connectivity index (χ4n) is 4.46. The van der Waals surface area contributed by atoms with Crippen molar-refractivity contribution in [3.8, 4) is 17.2 Å². The number of nitrogens with zero attached hydrogens (tertiary/aromatic N) is 3. The largest absolute Gasteiger partial charge is 0.506 e. The first-order valence-corrected chi connectivity index (χ1v) is 11.1. The van der Waals surface area contributed by atoms with Crippen LogP contribution >= 0.6 is 12.2 Å². The molecule has 1 fully saturated rings. The van der Waals surface area contributed by atoms with Gasteiger partial charge in [0.2, 0.25) is 0 Å². The van der Waals surface area contributed by atoms with E-state index in [1.165, 1.54) is 0 Å². The molecule has 0 radical (unpaired) electrons. The van der Waals surface area contributed by atoms with Gasteiger partial charge in [-0.1, -0.05) is 18.2 Å². The molecule has 1 saturated heterocycles. The van der Waals surface area contributed by atoms with Gasteiger partial charge in [-0.2, -0.15) is 0 Å². The molecule has 0 aliphatic carbocycles. The summed E-state index contributed by atoms with van der Waals surface area (Å²) in [5.74, 6) is 0.976. The average molecular weight is 457 g/mol. The van der Waals surface area contributed by atoms with Crippen LogP contribution in [0, 0.1) is 6.92 Å². The lowest BCUT2D eigenvalue weighted by atomic mass is 10.0. The van der Waals surface area contributed by atoms with Crippen LogP contribution in [0.5, 0.6) is 11.5 Å². The molecule has 1 aliphatic rings. The Labute approximate surface area is 198 Å². The van der Waals surface area contributed by atoms with Crippen molar-refractivity contribution < 1.29 is 9.84 Å². The SMILES string of the molecule is COc1ccc(-n2c(C)ccc2[C@H]2[C@H](c3ccccn3)NC(=S)N2c2ccccc2O)cc1. The van der Waals surface area contributed by atoms with E-state index in [1.54, 1.807) is 25.4 Å². The zero-order chi connectivity index (χ0) is 22.9. The average Bonchev–Trinajstić information content (AvgIpc) is 3.39. The Morgan fingerprint density at radius 2 is 1.73 bits per heavy atom. The second-order valence-corrected chi connectivity index (χ2v) is 8.31. The number of aromatic hydroxyl groups is 1. The number of rotatable bonds is 5. The molecule has 0 spiro atoms. The quantitative estimate of drug-likeness (QED) is 0.409. The number of thiocarbonyl (C=S) groups is 1. The Morgan fingerprint density at radius 1 is 0.970 bits per heavy atom. The van der Waals surface area contributed by atoms with E-state index in [4.69, 9.17) is 17.0 Å². The van der Waals surface area contributed by atoms with E-state index in [2.05, 4.69) is 33.9 Å². The molecular weight excluding hydrogens is 432 g/mol. The number of nitrogens with one attached hydrogen (secondary N) is 1. The van der Waals surface area contributed by atoms with Crippen LogP contribution in [0.4, 0.5) is 5.69 Å². The number of pyridine rings is 1. The molecule has 2 N–H and O–H groups in total. The molecule has 1 aliphatic heterocycles. The second-order valence-electron chi connectivity index (χ2n) is 7.92. The van der Waals surface area contributed by atoms with E-state index >= 15 is 0 Å².